The minimum absolute atomic E-state index is 0.0920. The molecule has 0 bridgehead atoms. The van der Waals surface area contributed by atoms with Gasteiger partial charge in [0.15, 0.2) is 17.6 Å². The van der Waals surface area contributed by atoms with Gasteiger partial charge in [-0.2, -0.15) is 8.42 Å². The van der Waals surface area contributed by atoms with E-state index in [9.17, 15) is 13.2 Å². The van der Waals surface area contributed by atoms with Gasteiger partial charge in [0.2, 0.25) is 5.91 Å². The molecular formula is C19H21NO6S. The van der Waals surface area contributed by atoms with Gasteiger partial charge >= 0.3 is 0 Å². The lowest BCUT2D eigenvalue weighted by atomic mass is 10.1. The number of hydrogen-bond acceptors (Lipinski definition) is 6. The first kappa shape index (κ1) is 19.2. The number of benzene rings is 2. The molecule has 1 amide bonds. The number of nitrogens with one attached hydrogen (secondary N) is 1. The second kappa shape index (κ2) is 7.58. The van der Waals surface area contributed by atoms with Crippen LogP contribution in [0.25, 0.3) is 0 Å². The maximum Gasteiger partial charge on any atom is 0.297 e. The zero-order valence-corrected chi connectivity index (χ0v) is 16.1. The van der Waals surface area contributed by atoms with Crippen molar-refractivity contribution in [1.29, 1.82) is 0 Å². The molecule has 0 unspecified atom stereocenters. The van der Waals surface area contributed by atoms with E-state index in [2.05, 4.69) is 5.32 Å². The maximum atomic E-state index is 12.3. The minimum atomic E-state index is -3.88. The van der Waals surface area contributed by atoms with Crippen molar-refractivity contribution in [2.24, 2.45) is 0 Å². The topological polar surface area (TPSA) is 90.9 Å². The fourth-order valence-corrected chi connectivity index (χ4v) is 3.59. The first-order valence-corrected chi connectivity index (χ1v) is 9.84. The Morgan fingerprint density at radius 3 is 2.56 bits per heavy atom. The van der Waals surface area contributed by atoms with Crippen molar-refractivity contribution in [3.05, 3.63) is 47.5 Å². The summed E-state index contributed by atoms with van der Waals surface area (Å²) in [5, 5.41) is 2.72. The Balaban J connectivity index is 1.70. The highest BCUT2D eigenvalue weighted by Gasteiger charge is 2.26. The van der Waals surface area contributed by atoms with Gasteiger partial charge in [0, 0.05) is 18.2 Å². The third kappa shape index (κ3) is 4.40. The van der Waals surface area contributed by atoms with Crippen molar-refractivity contribution < 1.29 is 26.9 Å². The Labute approximate surface area is 158 Å². The lowest BCUT2D eigenvalue weighted by molar-refractivity contribution is -0.114. The summed E-state index contributed by atoms with van der Waals surface area (Å²) in [6, 6.07) is 9.86. The fraction of sp³-hybridized carbons (Fsp3) is 0.316. The molecular weight excluding hydrogens is 370 g/mol. The summed E-state index contributed by atoms with van der Waals surface area (Å²) in [6.45, 7) is 5.07. The van der Waals surface area contributed by atoms with Crippen molar-refractivity contribution >= 4 is 21.7 Å². The third-order valence-electron chi connectivity index (χ3n) is 4.11. The molecule has 1 atom stereocenters. The monoisotopic (exact) mass is 391 g/mol. The number of anilines is 1. The molecule has 0 saturated carbocycles. The molecule has 27 heavy (non-hydrogen) atoms. The Kier molecular flexibility index (Phi) is 5.38. The van der Waals surface area contributed by atoms with Crippen LogP contribution < -0.4 is 14.8 Å². The van der Waals surface area contributed by atoms with E-state index >= 15 is 0 Å². The zero-order valence-electron chi connectivity index (χ0n) is 15.3. The smallest absolute Gasteiger partial charge is 0.297 e. The molecule has 7 nitrogen and oxygen atoms in total. The molecule has 8 heteroatoms. The Morgan fingerprint density at radius 2 is 1.89 bits per heavy atom. The molecule has 0 radical (unpaired) electrons. The predicted molar refractivity (Wildman–Crippen MR) is 99.7 cm³/mol. The molecule has 0 saturated heterocycles. The lowest BCUT2D eigenvalue weighted by Gasteiger charge is -2.28. The van der Waals surface area contributed by atoms with E-state index in [1.165, 1.54) is 19.1 Å². The van der Waals surface area contributed by atoms with Crippen LogP contribution in [-0.4, -0.2) is 33.6 Å². The van der Waals surface area contributed by atoms with Crippen molar-refractivity contribution in [2.45, 2.75) is 31.8 Å². The highest BCUT2D eigenvalue weighted by atomic mass is 32.2. The molecule has 2 aromatic rings. The summed E-state index contributed by atoms with van der Waals surface area (Å²) in [6.07, 6.45) is -0.594. The molecule has 1 aliphatic rings. The van der Waals surface area contributed by atoms with Crippen LogP contribution >= 0.6 is 0 Å². The average Bonchev–Trinajstić information content (AvgIpc) is 2.63. The van der Waals surface area contributed by atoms with E-state index in [4.69, 9.17) is 13.7 Å². The van der Waals surface area contributed by atoms with Crippen LogP contribution in [0.15, 0.2) is 41.3 Å². The first-order chi connectivity index (χ1) is 12.8. The van der Waals surface area contributed by atoms with Gasteiger partial charge in [0.1, 0.15) is 13.2 Å². The summed E-state index contributed by atoms with van der Waals surface area (Å²) in [7, 11) is -3.88. The van der Waals surface area contributed by atoms with Gasteiger partial charge in [-0.3, -0.25) is 8.98 Å². The molecule has 0 fully saturated rings. The highest BCUT2D eigenvalue weighted by molar-refractivity contribution is 7.86. The molecule has 3 rings (SSSR count). The zero-order chi connectivity index (χ0) is 19.6. The average molecular weight is 391 g/mol. The van der Waals surface area contributed by atoms with Gasteiger partial charge in [-0.25, -0.2) is 0 Å². The van der Waals surface area contributed by atoms with Crippen molar-refractivity contribution in [2.75, 3.05) is 18.5 Å². The van der Waals surface area contributed by atoms with E-state index in [0.717, 1.165) is 5.56 Å². The van der Waals surface area contributed by atoms with Crippen molar-refractivity contribution in [1.82, 2.24) is 0 Å². The van der Waals surface area contributed by atoms with E-state index in [1.807, 2.05) is 6.92 Å². The summed E-state index contributed by atoms with van der Waals surface area (Å²) in [5.41, 5.74) is 2.27. The van der Waals surface area contributed by atoms with Gasteiger partial charge in [-0.1, -0.05) is 17.7 Å². The number of carbonyl (C=O) groups excluding carboxylic acids is 1. The van der Waals surface area contributed by atoms with E-state index in [1.54, 1.807) is 31.2 Å². The molecule has 2 aromatic carbocycles. The van der Waals surface area contributed by atoms with Crippen LogP contribution in [0.4, 0.5) is 5.69 Å². The molecule has 1 N–H and O–H groups in total. The number of amides is 1. The van der Waals surface area contributed by atoms with Crippen LogP contribution in [0.5, 0.6) is 11.5 Å². The minimum Gasteiger partial charge on any atom is -0.486 e. The molecule has 0 aromatic heterocycles. The van der Waals surface area contributed by atoms with Crippen molar-refractivity contribution in [3.8, 4) is 11.5 Å². The van der Waals surface area contributed by atoms with Gasteiger partial charge < -0.3 is 14.8 Å². The van der Waals surface area contributed by atoms with Crippen LogP contribution in [0.3, 0.4) is 0 Å². The first-order valence-electron chi connectivity index (χ1n) is 8.43. The Hall–Kier alpha value is -2.58. The second-order valence-electron chi connectivity index (χ2n) is 6.35. The van der Waals surface area contributed by atoms with Crippen LogP contribution in [0.1, 0.15) is 18.1 Å². The van der Waals surface area contributed by atoms with Gasteiger partial charge in [0.05, 0.1) is 4.90 Å². The normalized spacial score (nSPS) is 16.0. The summed E-state index contributed by atoms with van der Waals surface area (Å²) >= 11 is 0. The van der Waals surface area contributed by atoms with E-state index < -0.39 is 16.2 Å². The number of ether oxygens (including phenoxy) is 2. The predicted octanol–water partition coefficient (Wildman–Crippen LogP) is 2.81. The van der Waals surface area contributed by atoms with Gasteiger partial charge in [-0.05, 0) is 38.1 Å². The molecule has 144 valence electrons. The number of rotatable bonds is 5. The number of fused-ring (bicyclic) bond motifs is 1. The van der Waals surface area contributed by atoms with Crippen LogP contribution in [0, 0.1) is 13.8 Å². The number of hydrogen-bond donors (Lipinski definition) is 1. The SMILES string of the molecule is CC(=O)Nc1ccc2c(c1C)O[C@@H](COS(=O)(=O)c1ccc(C)cc1)CO2. The summed E-state index contributed by atoms with van der Waals surface area (Å²) in [5.74, 6) is 0.812. The molecule has 0 aliphatic carbocycles. The Morgan fingerprint density at radius 1 is 1.19 bits per heavy atom. The van der Waals surface area contributed by atoms with Crippen LogP contribution in [0.2, 0.25) is 0 Å². The van der Waals surface area contributed by atoms with E-state index in [0.29, 0.717) is 22.7 Å². The second-order valence-corrected chi connectivity index (χ2v) is 7.96. The van der Waals surface area contributed by atoms with Crippen molar-refractivity contribution in [3.63, 3.8) is 0 Å². The van der Waals surface area contributed by atoms with E-state index in [-0.39, 0.29) is 24.0 Å². The highest BCUT2D eigenvalue weighted by Crippen LogP contribution is 2.39. The lowest BCUT2D eigenvalue weighted by Crippen LogP contribution is -2.34. The standard InChI is InChI=1S/C19H21NO6S/c1-12-4-6-16(7-5-12)27(22,23)25-11-15-10-24-18-9-8-17(20-14(3)21)13(2)19(18)26-15/h4-9,15H,10-11H2,1-3H3,(H,20,21)/t15-/m1/s1. The van der Waals surface area contributed by atoms with Gasteiger partial charge in [0.25, 0.3) is 10.1 Å². The summed E-state index contributed by atoms with van der Waals surface area (Å²) < 4.78 is 41.3. The van der Waals surface area contributed by atoms with Crippen LogP contribution in [-0.2, 0) is 19.1 Å². The maximum absolute atomic E-state index is 12.3. The third-order valence-corrected chi connectivity index (χ3v) is 5.40. The molecule has 0 spiro atoms. The summed E-state index contributed by atoms with van der Waals surface area (Å²) in [4.78, 5) is 11.4. The quantitative estimate of drug-likeness (QED) is 0.788. The number of carbonyl (C=O) groups is 1. The largest absolute Gasteiger partial charge is 0.486 e. The fourth-order valence-electron chi connectivity index (χ4n) is 2.66. The molecule has 1 aliphatic heterocycles. The Bertz CT molecular complexity index is 953. The number of aryl methyl sites for hydroxylation is 1. The molecule has 1 heterocycles. The van der Waals surface area contributed by atoms with Gasteiger partial charge in [-0.15, -0.1) is 0 Å².